The van der Waals surface area contributed by atoms with Crippen molar-refractivity contribution in [2.24, 2.45) is 7.05 Å². The fourth-order valence-electron chi connectivity index (χ4n) is 3.71. The number of amides is 1. The van der Waals surface area contributed by atoms with Crippen LogP contribution >= 0.6 is 11.6 Å². The molecule has 1 aliphatic rings. The first kappa shape index (κ1) is 20.4. The van der Waals surface area contributed by atoms with Crippen molar-refractivity contribution in [3.63, 3.8) is 0 Å². The lowest BCUT2D eigenvalue weighted by Crippen LogP contribution is -2.41. The average molecular weight is 426 g/mol. The molecule has 3 N–H and O–H groups in total. The summed E-state index contributed by atoms with van der Waals surface area (Å²) >= 11 is 5.93. The lowest BCUT2D eigenvalue weighted by Gasteiger charge is -2.22. The minimum Gasteiger partial charge on any atom is -0.383 e. The van der Waals surface area contributed by atoms with E-state index in [2.05, 4.69) is 15.4 Å². The Morgan fingerprint density at radius 3 is 2.80 bits per heavy atom. The molecule has 8 heteroatoms. The van der Waals surface area contributed by atoms with E-state index in [4.69, 9.17) is 22.1 Å². The number of nitrogens with zero attached hydrogens (tertiary/aromatic N) is 3. The van der Waals surface area contributed by atoms with Gasteiger partial charge in [-0.3, -0.25) is 9.48 Å². The van der Waals surface area contributed by atoms with Crippen molar-refractivity contribution in [3.05, 3.63) is 65.1 Å². The number of benzene rings is 1. The van der Waals surface area contributed by atoms with Crippen molar-refractivity contribution in [2.45, 2.75) is 38.0 Å². The van der Waals surface area contributed by atoms with Gasteiger partial charge in [-0.1, -0.05) is 23.7 Å². The van der Waals surface area contributed by atoms with Gasteiger partial charge in [-0.15, -0.1) is 0 Å². The molecular weight excluding hydrogens is 402 g/mol. The molecule has 3 aromatic rings. The zero-order valence-electron chi connectivity index (χ0n) is 16.7. The predicted octanol–water partition coefficient (Wildman–Crippen LogP) is 3.59. The second-order valence-corrected chi connectivity index (χ2v) is 7.98. The van der Waals surface area contributed by atoms with Gasteiger partial charge in [-0.25, -0.2) is 4.98 Å². The van der Waals surface area contributed by atoms with Crippen molar-refractivity contribution in [1.82, 2.24) is 20.1 Å². The van der Waals surface area contributed by atoms with E-state index in [0.717, 1.165) is 36.0 Å². The lowest BCUT2D eigenvalue weighted by molar-refractivity contribution is 0.0272. The number of carbonyl (C=O) groups excluding carboxylic acids is 1. The summed E-state index contributed by atoms with van der Waals surface area (Å²) in [6.07, 6.45) is 7.98. The monoisotopic (exact) mass is 425 g/mol. The van der Waals surface area contributed by atoms with Crippen LogP contribution in [-0.2, 0) is 18.4 Å². The summed E-state index contributed by atoms with van der Waals surface area (Å²) in [5.74, 6) is -0.0329. The maximum atomic E-state index is 12.9. The number of hydrogen-bond donors (Lipinski definition) is 2. The fraction of sp³-hybridized carbons (Fsp3) is 0.318. The number of nitrogens with two attached hydrogens (primary N) is 1. The quantitative estimate of drug-likeness (QED) is 0.629. The first-order chi connectivity index (χ1) is 14.5. The minimum absolute atomic E-state index is 0.0414. The van der Waals surface area contributed by atoms with Gasteiger partial charge < -0.3 is 15.8 Å². The summed E-state index contributed by atoms with van der Waals surface area (Å²) in [5.41, 5.74) is 9.08. The van der Waals surface area contributed by atoms with Gasteiger partial charge in [0.1, 0.15) is 5.82 Å². The number of pyridine rings is 1. The number of anilines is 1. The SMILES string of the molecule is Cn1cc(-c2cnc(N)c(C(=O)NC3CCCC3OCc3ccc(Cl)cc3)c2)cn1. The van der Waals surface area contributed by atoms with Crippen LogP contribution in [0, 0.1) is 0 Å². The van der Waals surface area contributed by atoms with Gasteiger partial charge >= 0.3 is 0 Å². The Labute approximate surface area is 180 Å². The van der Waals surface area contributed by atoms with Crippen molar-refractivity contribution >= 4 is 23.3 Å². The van der Waals surface area contributed by atoms with Crippen LogP contribution < -0.4 is 11.1 Å². The topological polar surface area (TPSA) is 95.1 Å². The molecule has 2 aromatic heterocycles. The van der Waals surface area contributed by atoms with Gasteiger partial charge in [0.2, 0.25) is 0 Å². The third kappa shape index (κ3) is 4.63. The molecule has 4 rings (SSSR count). The first-order valence-corrected chi connectivity index (χ1v) is 10.3. The summed E-state index contributed by atoms with van der Waals surface area (Å²) < 4.78 is 7.79. The lowest BCUT2D eigenvalue weighted by atomic mass is 10.1. The van der Waals surface area contributed by atoms with E-state index in [-0.39, 0.29) is 23.9 Å². The molecule has 1 fully saturated rings. The number of nitrogens with one attached hydrogen (secondary N) is 1. The highest BCUT2D eigenvalue weighted by Crippen LogP contribution is 2.26. The highest BCUT2D eigenvalue weighted by atomic mass is 35.5. The Morgan fingerprint density at radius 2 is 2.07 bits per heavy atom. The van der Waals surface area contributed by atoms with Crippen LogP contribution in [0.1, 0.15) is 35.2 Å². The van der Waals surface area contributed by atoms with Gasteiger partial charge in [0.05, 0.1) is 30.5 Å². The summed E-state index contributed by atoms with van der Waals surface area (Å²) in [6, 6.07) is 9.28. The van der Waals surface area contributed by atoms with Gasteiger partial charge in [0.15, 0.2) is 0 Å². The number of aromatic nitrogens is 3. The highest BCUT2D eigenvalue weighted by molar-refractivity contribution is 6.30. The summed E-state index contributed by atoms with van der Waals surface area (Å²) in [6.45, 7) is 0.481. The van der Waals surface area contributed by atoms with Crippen LogP contribution in [0.5, 0.6) is 0 Å². The van der Waals surface area contributed by atoms with Gasteiger partial charge in [-0.2, -0.15) is 5.10 Å². The van der Waals surface area contributed by atoms with Gasteiger partial charge in [-0.05, 0) is 43.0 Å². The van der Waals surface area contributed by atoms with E-state index in [0.29, 0.717) is 17.2 Å². The molecule has 0 saturated heterocycles. The highest BCUT2D eigenvalue weighted by Gasteiger charge is 2.30. The molecule has 2 atom stereocenters. The van der Waals surface area contributed by atoms with Crippen molar-refractivity contribution < 1.29 is 9.53 Å². The van der Waals surface area contributed by atoms with Gasteiger partial charge in [0, 0.05) is 35.6 Å². The standard InChI is InChI=1S/C22H24ClN5O2/c1-28-12-16(11-26-28)15-9-18(21(24)25-10-15)22(29)27-19-3-2-4-20(19)30-13-14-5-7-17(23)8-6-14/h5-12,19-20H,2-4,13H2,1H3,(H2,24,25)(H,27,29). The average Bonchev–Trinajstić information content (AvgIpc) is 3.36. The molecule has 0 bridgehead atoms. The summed E-state index contributed by atoms with van der Waals surface area (Å²) in [4.78, 5) is 17.1. The Balaban J connectivity index is 1.43. The van der Waals surface area contributed by atoms with Gasteiger partial charge in [0.25, 0.3) is 5.91 Å². The number of aryl methyl sites for hydroxylation is 1. The Bertz CT molecular complexity index is 1030. The molecule has 2 unspecified atom stereocenters. The zero-order chi connectivity index (χ0) is 21.1. The minimum atomic E-state index is -0.238. The second-order valence-electron chi connectivity index (χ2n) is 7.55. The maximum Gasteiger partial charge on any atom is 0.255 e. The molecule has 1 amide bonds. The van der Waals surface area contributed by atoms with Crippen LogP contribution in [0.25, 0.3) is 11.1 Å². The Hall–Kier alpha value is -2.90. The molecule has 7 nitrogen and oxygen atoms in total. The van der Waals surface area contributed by atoms with Crippen LogP contribution in [0.2, 0.25) is 5.02 Å². The van der Waals surface area contributed by atoms with Crippen LogP contribution in [-0.4, -0.2) is 32.8 Å². The predicted molar refractivity (Wildman–Crippen MR) is 116 cm³/mol. The molecule has 0 spiro atoms. The van der Waals surface area contributed by atoms with E-state index < -0.39 is 0 Å². The smallest absolute Gasteiger partial charge is 0.255 e. The molecule has 30 heavy (non-hydrogen) atoms. The number of carbonyl (C=O) groups is 1. The van der Waals surface area contributed by atoms with E-state index >= 15 is 0 Å². The maximum absolute atomic E-state index is 12.9. The molecule has 0 aliphatic heterocycles. The van der Waals surface area contributed by atoms with E-state index in [1.807, 2.05) is 37.5 Å². The summed E-state index contributed by atoms with van der Waals surface area (Å²) in [5, 5.41) is 7.95. The number of nitrogen functional groups attached to an aromatic ring is 1. The molecule has 1 aromatic carbocycles. The van der Waals surface area contributed by atoms with E-state index in [1.165, 1.54) is 0 Å². The number of rotatable bonds is 6. The summed E-state index contributed by atoms with van der Waals surface area (Å²) in [7, 11) is 1.84. The van der Waals surface area contributed by atoms with Crippen LogP contribution in [0.15, 0.2) is 48.9 Å². The zero-order valence-corrected chi connectivity index (χ0v) is 17.5. The largest absolute Gasteiger partial charge is 0.383 e. The van der Waals surface area contributed by atoms with Crippen LogP contribution in [0.3, 0.4) is 0 Å². The normalized spacial score (nSPS) is 18.5. The Morgan fingerprint density at radius 1 is 1.27 bits per heavy atom. The molecule has 1 saturated carbocycles. The van der Waals surface area contributed by atoms with E-state index in [1.54, 1.807) is 23.1 Å². The molecule has 156 valence electrons. The third-order valence-electron chi connectivity index (χ3n) is 5.35. The van der Waals surface area contributed by atoms with Crippen LogP contribution in [0.4, 0.5) is 5.82 Å². The molecular formula is C22H24ClN5O2. The van der Waals surface area contributed by atoms with Crippen molar-refractivity contribution in [2.75, 3.05) is 5.73 Å². The number of halogens is 1. The third-order valence-corrected chi connectivity index (χ3v) is 5.60. The number of hydrogen-bond acceptors (Lipinski definition) is 5. The van der Waals surface area contributed by atoms with Crippen molar-refractivity contribution in [3.8, 4) is 11.1 Å². The molecule has 2 heterocycles. The van der Waals surface area contributed by atoms with Crippen molar-refractivity contribution in [1.29, 1.82) is 0 Å². The first-order valence-electron chi connectivity index (χ1n) is 9.91. The van der Waals surface area contributed by atoms with E-state index in [9.17, 15) is 4.79 Å². The molecule has 1 aliphatic carbocycles. The Kier molecular flexibility index (Phi) is 6.01. The second kappa shape index (κ2) is 8.85. The fourth-order valence-corrected chi connectivity index (χ4v) is 3.83. The molecule has 0 radical (unpaired) electrons. The number of ether oxygens (including phenoxy) is 1.